The lowest BCUT2D eigenvalue weighted by Gasteiger charge is -2.14. The van der Waals surface area contributed by atoms with Crippen LogP contribution in [0.2, 0.25) is 0 Å². The van der Waals surface area contributed by atoms with Crippen molar-refractivity contribution < 1.29 is 4.40 Å². The largest absolute Gasteiger partial charge is 0.273 e. The Kier molecular flexibility index (Phi) is 4.65. The van der Waals surface area contributed by atoms with E-state index in [2.05, 4.69) is 82.3 Å². The van der Waals surface area contributed by atoms with E-state index in [0.29, 0.717) is 5.56 Å². The van der Waals surface area contributed by atoms with Gasteiger partial charge in [-0.25, -0.2) is 0 Å². The van der Waals surface area contributed by atoms with Crippen LogP contribution in [0.3, 0.4) is 0 Å². The van der Waals surface area contributed by atoms with Crippen LogP contribution in [0.4, 0.5) is 11.5 Å². The lowest BCUT2D eigenvalue weighted by molar-refractivity contribution is -0.465. The van der Waals surface area contributed by atoms with Crippen LogP contribution in [0.5, 0.6) is 0 Å². The van der Waals surface area contributed by atoms with Crippen LogP contribution < -0.4 is 9.72 Å². The fraction of sp³-hybridized carbons (Fsp3) is 0.111. The molecule has 4 nitrogen and oxygen atoms in total. The smallest absolute Gasteiger partial charge is 0.250 e. The van der Waals surface area contributed by atoms with Gasteiger partial charge in [0.1, 0.15) is 22.7 Å². The number of imidazole rings is 1. The number of hydrogen-bond donors (Lipinski definition) is 2. The molecule has 0 aliphatic heterocycles. The Morgan fingerprint density at radius 1 is 0.935 bits per heavy atom. The summed E-state index contributed by atoms with van der Waals surface area (Å²) in [4.78, 5) is 3.47. The Labute approximate surface area is 181 Å². The van der Waals surface area contributed by atoms with Gasteiger partial charge in [0.25, 0.3) is 0 Å². The molecule has 0 unspecified atom stereocenters. The van der Waals surface area contributed by atoms with Crippen molar-refractivity contribution in [2.45, 2.75) is 20.3 Å². The molecule has 0 saturated carbocycles. The number of aromatic amines is 1. The van der Waals surface area contributed by atoms with Gasteiger partial charge in [0.15, 0.2) is 0 Å². The minimum absolute atomic E-state index is 0.678. The maximum atomic E-state index is 10.0. The highest BCUT2D eigenvalue weighted by molar-refractivity contribution is 5.79. The predicted octanol–water partition coefficient (Wildman–Crippen LogP) is 5.73. The number of pyridine rings is 1. The van der Waals surface area contributed by atoms with Crippen molar-refractivity contribution in [1.29, 1.82) is 5.26 Å². The van der Waals surface area contributed by atoms with Gasteiger partial charge in [0.05, 0.1) is 5.69 Å². The molecule has 0 saturated heterocycles. The fourth-order valence-corrected chi connectivity index (χ4v) is 4.27. The van der Waals surface area contributed by atoms with Gasteiger partial charge in [-0.15, -0.1) is 0 Å². The molecule has 0 atom stereocenters. The third-order valence-corrected chi connectivity index (χ3v) is 5.81. The molecule has 0 spiro atoms. The van der Waals surface area contributed by atoms with E-state index < -0.39 is 0 Å². The van der Waals surface area contributed by atoms with Gasteiger partial charge in [-0.3, -0.25) is 10.3 Å². The molecule has 31 heavy (non-hydrogen) atoms. The van der Waals surface area contributed by atoms with Crippen LogP contribution in [-0.4, -0.2) is 4.98 Å². The van der Waals surface area contributed by atoms with Crippen molar-refractivity contribution in [2.24, 2.45) is 0 Å². The average molecular weight is 404 g/mol. The van der Waals surface area contributed by atoms with E-state index in [9.17, 15) is 5.26 Å². The van der Waals surface area contributed by atoms with Crippen molar-refractivity contribution >= 4 is 28.2 Å². The van der Waals surface area contributed by atoms with Crippen LogP contribution in [0.25, 0.3) is 16.7 Å². The second-order valence-corrected chi connectivity index (χ2v) is 7.92. The lowest BCUT2D eigenvalue weighted by atomic mass is 9.97. The third-order valence-electron chi connectivity index (χ3n) is 5.81. The zero-order valence-electron chi connectivity index (χ0n) is 17.6. The summed E-state index contributed by atoms with van der Waals surface area (Å²) in [5.41, 5.74) is 9.07. The maximum Gasteiger partial charge on any atom is 0.250 e. The molecule has 0 amide bonds. The molecule has 2 aromatic heterocycles. The number of fused-ring (bicyclic) bond motifs is 3. The first-order valence-electron chi connectivity index (χ1n) is 10.4. The summed E-state index contributed by atoms with van der Waals surface area (Å²) < 4.78 is 2.15. The number of rotatable bonds is 4. The number of aryl methyl sites for hydroxylation is 1. The minimum atomic E-state index is 0.678. The summed E-state index contributed by atoms with van der Waals surface area (Å²) in [5.74, 6) is 0.985. The lowest BCUT2D eigenvalue weighted by Crippen LogP contribution is -2.28. The number of para-hydroxylation sites is 2. The first-order valence-corrected chi connectivity index (χ1v) is 10.4. The third kappa shape index (κ3) is 3.31. The van der Waals surface area contributed by atoms with Gasteiger partial charge in [0.2, 0.25) is 11.5 Å². The summed E-state index contributed by atoms with van der Waals surface area (Å²) in [6.07, 6.45) is 0.734. The van der Waals surface area contributed by atoms with Gasteiger partial charge >= 0.3 is 0 Å². The Morgan fingerprint density at radius 2 is 1.71 bits per heavy atom. The molecule has 0 bridgehead atoms. The second kappa shape index (κ2) is 7.62. The molecule has 150 valence electrons. The maximum absolute atomic E-state index is 10.0. The van der Waals surface area contributed by atoms with Crippen molar-refractivity contribution in [3.63, 3.8) is 0 Å². The van der Waals surface area contributed by atoms with Gasteiger partial charge in [-0.1, -0.05) is 54.6 Å². The zero-order valence-corrected chi connectivity index (χ0v) is 17.6. The molecule has 0 aliphatic rings. The van der Waals surface area contributed by atoms with E-state index in [0.717, 1.165) is 45.7 Å². The van der Waals surface area contributed by atoms with Gasteiger partial charge in [-0.05, 0) is 54.8 Å². The Morgan fingerprint density at radius 3 is 2.48 bits per heavy atom. The van der Waals surface area contributed by atoms with Crippen molar-refractivity contribution in [3.05, 3.63) is 107 Å². The number of hydrogen-bond acceptors (Lipinski definition) is 2. The van der Waals surface area contributed by atoms with E-state index in [-0.39, 0.29) is 0 Å². The molecule has 4 heteroatoms. The standard InChI is InChI=1S/C27H22N4/c1-18-9-8-12-21(15-18)29-26-22(16-20-10-4-3-5-11-20)19(2)23(17-28)27-30-24-13-6-7-14-25(24)31(26)27/h3-15H,16H2,1-2H3,(H,29,30)/p+1. The Balaban J connectivity index is 1.85. The van der Waals surface area contributed by atoms with Crippen LogP contribution in [0.1, 0.15) is 27.8 Å². The number of benzene rings is 3. The number of aromatic nitrogens is 2. The minimum Gasteiger partial charge on any atom is -0.273 e. The van der Waals surface area contributed by atoms with Crippen molar-refractivity contribution in [1.82, 2.24) is 4.98 Å². The molecule has 5 rings (SSSR count). The number of anilines is 2. The van der Waals surface area contributed by atoms with Crippen LogP contribution in [-0.2, 0) is 6.42 Å². The molecule has 2 heterocycles. The SMILES string of the molecule is Cc1cccc(Nc2c(Cc3ccccc3)c(C)c(C#N)c3[nH]c4ccccc4[n+]23)c1. The Hall–Kier alpha value is -4.10. The highest BCUT2D eigenvalue weighted by atomic mass is 15.1. The summed E-state index contributed by atoms with van der Waals surface area (Å²) in [5, 5.41) is 13.7. The summed E-state index contributed by atoms with van der Waals surface area (Å²) in [6.45, 7) is 4.14. The van der Waals surface area contributed by atoms with Crippen molar-refractivity contribution in [3.8, 4) is 6.07 Å². The first kappa shape index (κ1) is 18.9. The first-order chi connectivity index (χ1) is 15.2. The van der Waals surface area contributed by atoms with Crippen LogP contribution >= 0.6 is 0 Å². The predicted molar refractivity (Wildman–Crippen MR) is 125 cm³/mol. The summed E-state index contributed by atoms with van der Waals surface area (Å²) in [6, 6.07) is 29.4. The average Bonchev–Trinajstić information content (AvgIpc) is 3.16. The number of H-pyrrole nitrogens is 1. The fourth-order valence-electron chi connectivity index (χ4n) is 4.27. The van der Waals surface area contributed by atoms with Gasteiger partial charge in [0, 0.05) is 12.0 Å². The van der Waals surface area contributed by atoms with Crippen molar-refractivity contribution in [2.75, 3.05) is 5.32 Å². The van der Waals surface area contributed by atoms with E-state index >= 15 is 0 Å². The normalized spacial score (nSPS) is 11.0. The number of nitrogens with one attached hydrogen (secondary N) is 2. The summed E-state index contributed by atoms with van der Waals surface area (Å²) >= 11 is 0. The molecule has 5 aromatic rings. The number of nitriles is 1. The van der Waals surface area contributed by atoms with Crippen LogP contribution in [0.15, 0.2) is 78.9 Å². The van der Waals surface area contributed by atoms with Gasteiger partial charge < -0.3 is 0 Å². The quantitative estimate of drug-likeness (QED) is 0.377. The second-order valence-electron chi connectivity index (χ2n) is 7.92. The Bertz CT molecular complexity index is 1460. The molecule has 2 N–H and O–H groups in total. The summed E-state index contributed by atoms with van der Waals surface area (Å²) in [7, 11) is 0. The highest BCUT2D eigenvalue weighted by Crippen LogP contribution is 2.29. The zero-order chi connectivity index (χ0) is 21.4. The topological polar surface area (TPSA) is 55.7 Å². The molecule has 3 aromatic carbocycles. The van der Waals surface area contributed by atoms with Crippen LogP contribution in [0, 0.1) is 25.2 Å². The van der Waals surface area contributed by atoms with Gasteiger partial charge in [-0.2, -0.15) is 9.66 Å². The number of nitrogens with zero attached hydrogens (tertiary/aromatic N) is 2. The highest BCUT2D eigenvalue weighted by Gasteiger charge is 2.26. The van der Waals surface area contributed by atoms with E-state index in [1.807, 2.05) is 31.2 Å². The van der Waals surface area contributed by atoms with E-state index in [4.69, 9.17) is 0 Å². The van der Waals surface area contributed by atoms with E-state index in [1.165, 1.54) is 11.1 Å². The van der Waals surface area contributed by atoms with E-state index in [1.54, 1.807) is 0 Å². The monoisotopic (exact) mass is 403 g/mol. The molecular weight excluding hydrogens is 380 g/mol. The molecule has 0 radical (unpaired) electrons. The molecule has 0 fully saturated rings. The molecular formula is C27H23N4+. The molecule has 0 aliphatic carbocycles.